The van der Waals surface area contributed by atoms with Gasteiger partial charge in [-0.2, -0.15) is 0 Å². The highest BCUT2D eigenvalue weighted by Crippen LogP contribution is 2.69. The molecule has 0 aliphatic heterocycles. The predicted molar refractivity (Wildman–Crippen MR) is 294 cm³/mol. The Morgan fingerprint density at radius 2 is 0.620 bits per heavy atom. The fourth-order valence-corrected chi connectivity index (χ4v) is 11.9. The number of hydrogen-bond acceptors (Lipinski definition) is 2. The van der Waals surface area contributed by atoms with E-state index < -0.39 is 10.8 Å². The molecule has 0 N–H and O–H groups in total. The van der Waals surface area contributed by atoms with Gasteiger partial charge in [0.05, 0.1) is 10.8 Å². The molecular weight excluding hydrogens is 857 g/mol. The van der Waals surface area contributed by atoms with Gasteiger partial charge in [0.15, 0.2) is 0 Å². The molecule has 0 saturated heterocycles. The zero-order valence-corrected chi connectivity index (χ0v) is 39.1. The van der Waals surface area contributed by atoms with Gasteiger partial charge in [-0.3, -0.25) is 4.98 Å². The first-order chi connectivity index (χ1) is 35.2. The van der Waals surface area contributed by atoms with Crippen LogP contribution in [0.3, 0.4) is 0 Å². The van der Waals surface area contributed by atoms with Crippen LogP contribution in [0.5, 0.6) is 0 Å². The van der Waals surface area contributed by atoms with Crippen LogP contribution in [0.4, 0.5) is 17.1 Å². The van der Waals surface area contributed by atoms with Crippen LogP contribution >= 0.6 is 0 Å². The standard InChI is InChI=1S/C69H48N2/c1-6-19-49(20-7-1)50-32-39-59(40-33-50)71(61-43-36-52(37-44-61)54-21-18-46-70-48-54)60-41-34-51(35-42-60)53-38-45-63-65(47-53)69(57-26-12-4-13-27-57,58-28-14-5-15-29-58)66-62-30-16-17-31-64(62)68(67(63)66,55-22-8-2-9-23-55)56-24-10-3-11-25-56/h1-48H. The third-order valence-corrected chi connectivity index (χ3v) is 14.9. The molecule has 2 aliphatic carbocycles. The number of benzene rings is 10. The van der Waals surface area contributed by atoms with Crippen molar-refractivity contribution in [3.05, 3.63) is 336 Å². The van der Waals surface area contributed by atoms with Crippen molar-refractivity contribution in [2.24, 2.45) is 0 Å². The Kier molecular flexibility index (Phi) is 10.3. The number of allylic oxidation sites excluding steroid dienone is 2. The van der Waals surface area contributed by atoms with E-state index in [0.29, 0.717) is 0 Å². The molecule has 0 radical (unpaired) electrons. The third-order valence-electron chi connectivity index (χ3n) is 14.9. The van der Waals surface area contributed by atoms with Gasteiger partial charge in [0.1, 0.15) is 0 Å². The van der Waals surface area contributed by atoms with E-state index in [4.69, 9.17) is 0 Å². The summed E-state index contributed by atoms with van der Waals surface area (Å²) >= 11 is 0. The van der Waals surface area contributed by atoms with Crippen LogP contribution in [0.15, 0.2) is 291 Å². The van der Waals surface area contributed by atoms with E-state index in [1.807, 2.05) is 18.5 Å². The Morgan fingerprint density at radius 1 is 0.268 bits per heavy atom. The van der Waals surface area contributed by atoms with Crippen LogP contribution in [-0.4, -0.2) is 4.98 Å². The molecule has 0 bridgehead atoms. The molecule has 2 heteroatoms. The second-order valence-corrected chi connectivity index (χ2v) is 18.6. The van der Waals surface area contributed by atoms with Gasteiger partial charge < -0.3 is 4.90 Å². The molecule has 0 amide bonds. The summed E-state index contributed by atoms with van der Waals surface area (Å²) in [5.41, 5.74) is 21.9. The van der Waals surface area contributed by atoms with E-state index in [2.05, 4.69) is 283 Å². The van der Waals surface area contributed by atoms with Crippen molar-refractivity contribution in [1.82, 2.24) is 4.98 Å². The summed E-state index contributed by atoms with van der Waals surface area (Å²) < 4.78 is 0. The largest absolute Gasteiger partial charge is 0.311 e. The number of hydrogen-bond donors (Lipinski definition) is 0. The lowest BCUT2D eigenvalue weighted by Gasteiger charge is -2.37. The van der Waals surface area contributed by atoms with E-state index in [0.717, 1.165) is 33.8 Å². The molecular formula is C69H48N2. The Hall–Kier alpha value is -9.11. The number of pyridine rings is 1. The van der Waals surface area contributed by atoms with Crippen molar-refractivity contribution in [1.29, 1.82) is 0 Å². The molecule has 0 unspecified atom stereocenters. The maximum absolute atomic E-state index is 4.38. The number of rotatable bonds is 10. The highest BCUT2D eigenvalue weighted by atomic mass is 15.1. The molecule has 71 heavy (non-hydrogen) atoms. The van der Waals surface area contributed by atoms with Crippen molar-refractivity contribution < 1.29 is 0 Å². The number of nitrogens with zero attached hydrogens (tertiary/aromatic N) is 2. The second kappa shape index (κ2) is 17.4. The van der Waals surface area contributed by atoms with E-state index in [1.165, 1.54) is 72.3 Å². The number of fused-ring (bicyclic) bond motifs is 4. The van der Waals surface area contributed by atoms with Gasteiger partial charge in [0.2, 0.25) is 0 Å². The number of aromatic nitrogens is 1. The molecule has 0 spiro atoms. The quantitative estimate of drug-likeness (QED) is 0.136. The van der Waals surface area contributed by atoms with Crippen LogP contribution in [-0.2, 0) is 10.8 Å². The summed E-state index contributed by atoms with van der Waals surface area (Å²) in [6, 6.07) is 103. The summed E-state index contributed by atoms with van der Waals surface area (Å²) in [6.07, 6.45) is 3.74. The second-order valence-electron chi connectivity index (χ2n) is 18.6. The molecule has 334 valence electrons. The lowest BCUT2D eigenvalue weighted by atomic mass is 9.64. The molecule has 11 aromatic rings. The first-order valence-corrected chi connectivity index (χ1v) is 24.5. The van der Waals surface area contributed by atoms with Crippen molar-refractivity contribution in [2.45, 2.75) is 10.8 Å². The molecule has 13 rings (SSSR count). The van der Waals surface area contributed by atoms with Crippen molar-refractivity contribution >= 4 is 28.2 Å². The monoisotopic (exact) mass is 904 g/mol. The normalized spacial score (nSPS) is 13.8. The maximum Gasteiger partial charge on any atom is 0.0717 e. The lowest BCUT2D eigenvalue weighted by Crippen LogP contribution is -2.30. The fourth-order valence-electron chi connectivity index (χ4n) is 11.9. The van der Waals surface area contributed by atoms with Gasteiger partial charge in [-0.05, 0) is 138 Å². The van der Waals surface area contributed by atoms with Crippen LogP contribution in [0, 0.1) is 0 Å². The average Bonchev–Trinajstić information content (AvgIpc) is 3.94. The van der Waals surface area contributed by atoms with Crippen LogP contribution in [0.25, 0.3) is 44.5 Å². The van der Waals surface area contributed by atoms with Gasteiger partial charge in [-0.15, -0.1) is 0 Å². The minimum Gasteiger partial charge on any atom is -0.311 e. The third kappa shape index (κ3) is 6.75. The van der Waals surface area contributed by atoms with Gasteiger partial charge in [-0.25, -0.2) is 0 Å². The minimum absolute atomic E-state index is 0.573. The van der Waals surface area contributed by atoms with Gasteiger partial charge in [0.25, 0.3) is 0 Å². The van der Waals surface area contributed by atoms with E-state index in [9.17, 15) is 0 Å². The van der Waals surface area contributed by atoms with Crippen LogP contribution in [0.2, 0.25) is 0 Å². The van der Waals surface area contributed by atoms with Gasteiger partial charge >= 0.3 is 0 Å². The minimum atomic E-state index is -0.630. The summed E-state index contributed by atoms with van der Waals surface area (Å²) in [5, 5.41) is 0. The topological polar surface area (TPSA) is 16.1 Å². The molecule has 2 nitrogen and oxygen atoms in total. The molecule has 2 aliphatic rings. The van der Waals surface area contributed by atoms with Crippen LogP contribution in [0.1, 0.15) is 44.5 Å². The van der Waals surface area contributed by atoms with Crippen molar-refractivity contribution in [2.75, 3.05) is 4.90 Å². The van der Waals surface area contributed by atoms with E-state index in [1.54, 1.807) is 0 Å². The summed E-state index contributed by atoms with van der Waals surface area (Å²) in [5.74, 6) is 0. The first kappa shape index (κ1) is 42.0. The first-order valence-electron chi connectivity index (χ1n) is 24.5. The highest BCUT2D eigenvalue weighted by molar-refractivity contribution is 6.15. The molecule has 0 saturated carbocycles. The molecule has 0 fully saturated rings. The summed E-state index contributed by atoms with van der Waals surface area (Å²) in [7, 11) is 0. The molecule has 1 aromatic heterocycles. The number of anilines is 3. The Bertz CT molecular complexity index is 3520. The molecule has 0 atom stereocenters. The van der Waals surface area contributed by atoms with Crippen molar-refractivity contribution in [3.63, 3.8) is 0 Å². The Labute approximate surface area is 416 Å². The SMILES string of the molecule is c1ccc(-c2ccc(N(c3ccc(-c4cccnc4)cc3)c3ccc(-c4ccc5c(c4)C(c4ccccc4)(c4ccccc4)C4=C5C(c5ccccc5)(c5ccccc5)c5ccccc54)cc3)cc2)cc1. The smallest absolute Gasteiger partial charge is 0.0717 e. The summed E-state index contributed by atoms with van der Waals surface area (Å²) in [4.78, 5) is 6.73. The lowest BCUT2D eigenvalue weighted by molar-refractivity contribution is 0.800. The van der Waals surface area contributed by atoms with Gasteiger partial charge in [0, 0.05) is 29.5 Å². The van der Waals surface area contributed by atoms with Crippen molar-refractivity contribution in [3.8, 4) is 33.4 Å². The molecule has 1 heterocycles. The van der Waals surface area contributed by atoms with E-state index >= 15 is 0 Å². The Balaban J connectivity index is 0.992. The summed E-state index contributed by atoms with van der Waals surface area (Å²) in [6.45, 7) is 0. The average molecular weight is 905 g/mol. The Morgan fingerprint density at radius 3 is 1.08 bits per heavy atom. The fraction of sp³-hybridized carbons (Fsp3) is 0.0290. The maximum atomic E-state index is 4.38. The molecule has 10 aromatic carbocycles. The highest BCUT2D eigenvalue weighted by Gasteiger charge is 2.59. The zero-order valence-electron chi connectivity index (χ0n) is 39.1. The predicted octanol–water partition coefficient (Wildman–Crippen LogP) is 17.2. The van der Waals surface area contributed by atoms with Crippen LogP contribution < -0.4 is 4.90 Å². The van der Waals surface area contributed by atoms with Gasteiger partial charge in [-0.1, -0.05) is 231 Å². The zero-order chi connectivity index (χ0) is 47.2. The van der Waals surface area contributed by atoms with E-state index in [-0.39, 0.29) is 0 Å².